The molecule has 0 aliphatic rings. The minimum absolute atomic E-state index is 1.00. The van der Waals surface area contributed by atoms with E-state index >= 15 is 0 Å². The molecule has 1 aromatic rings. The zero-order valence-electron chi connectivity index (χ0n) is 6.59. The molecular formula is C7HClF6S. The van der Waals surface area contributed by atoms with Gasteiger partial charge in [-0.3, -0.25) is 0 Å². The van der Waals surface area contributed by atoms with Crippen LogP contribution in [0.5, 0.6) is 0 Å². The fourth-order valence-electron chi connectivity index (χ4n) is 0.869. The fraction of sp³-hybridized carbons (Fsp3) is 0.143. The third kappa shape index (κ3) is 2.03. The van der Waals surface area contributed by atoms with Crippen LogP contribution in [0.2, 0.25) is 5.02 Å². The van der Waals surface area contributed by atoms with Gasteiger partial charge in [-0.25, -0.2) is 13.2 Å². The summed E-state index contributed by atoms with van der Waals surface area (Å²) in [7, 11) is 0. The van der Waals surface area contributed by atoms with E-state index in [2.05, 4.69) is 12.6 Å². The van der Waals surface area contributed by atoms with Crippen LogP contribution >= 0.6 is 24.2 Å². The number of alkyl halides is 3. The molecular weight excluding hydrogens is 266 g/mol. The molecule has 8 heteroatoms. The Labute approximate surface area is 90.2 Å². The highest BCUT2D eigenvalue weighted by molar-refractivity contribution is 7.80. The van der Waals surface area contributed by atoms with E-state index < -0.39 is 39.1 Å². The highest BCUT2D eigenvalue weighted by Crippen LogP contribution is 2.39. The standard InChI is InChI=1S/C7HClF6S/c8-2-3(9)1(7(12,13)14)4(10)5(11)6(2)15/h15H. The van der Waals surface area contributed by atoms with Crippen LogP contribution in [0.15, 0.2) is 4.90 Å². The largest absolute Gasteiger partial charge is 0.422 e. The van der Waals surface area contributed by atoms with Crippen LogP contribution < -0.4 is 0 Å². The Hall–Kier alpha value is -0.560. The first kappa shape index (κ1) is 12.5. The molecule has 84 valence electrons. The van der Waals surface area contributed by atoms with Crippen molar-refractivity contribution in [1.82, 2.24) is 0 Å². The first-order valence-corrected chi connectivity index (χ1v) is 4.12. The summed E-state index contributed by atoms with van der Waals surface area (Å²) in [5.41, 5.74) is -2.36. The average Bonchev–Trinajstić information content (AvgIpc) is 2.09. The second-order valence-electron chi connectivity index (χ2n) is 2.48. The van der Waals surface area contributed by atoms with Gasteiger partial charge in [0, 0.05) is 0 Å². The molecule has 0 radical (unpaired) electrons. The van der Waals surface area contributed by atoms with Gasteiger partial charge in [-0.2, -0.15) is 13.2 Å². The molecule has 0 saturated heterocycles. The zero-order valence-corrected chi connectivity index (χ0v) is 8.24. The van der Waals surface area contributed by atoms with Crippen molar-refractivity contribution < 1.29 is 26.3 Å². The minimum Gasteiger partial charge on any atom is -0.205 e. The van der Waals surface area contributed by atoms with Crippen molar-refractivity contribution in [3.8, 4) is 0 Å². The van der Waals surface area contributed by atoms with E-state index in [9.17, 15) is 26.3 Å². The number of halogens is 7. The van der Waals surface area contributed by atoms with Gasteiger partial charge in [0.05, 0.1) is 9.92 Å². The van der Waals surface area contributed by atoms with E-state index in [1.54, 1.807) is 0 Å². The van der Waals surface area contributed by atoms with Crippen LogP contribution in [-0.4, -0.2) is 0 Å². The van der Waals surface area contributed by atoms with Crippen molar-refractivity contribution in [1.29, 1.82) is 0 Å². The fourth-order valence-corrected chi connectivity index (χ4v) is 1.24. The van der Waals surface area contributed by atoms with Crippen molar-refractivity contribution in [2.24, 2.45) is 0 Å². The number of benzene rings is 1. The van der Waals surface area contributed by atoms with Crippen molar-refractivity contribution in [2.75, 3.05) is 0 Å². The molecule has 1 aromatic carbocycles. The van der Waals surface area contributed by atoms with Gasteiger partial charge < -0.3 is 0 Å². The number of rotatable bonds is 0. The summed E-state index contributed by atoms with van der Waals surface area (Å²) in [6, 6.07) is 0. The van der Waals surface area contributed by atoms with Gasteiger partial charge in [-0.15, -0.1) is 12.6 Å². The van der Waals surface area contributed by atoms with Gasteiger partial charge in [0.15, 0.2) is 17.5 Å². The Morgan fingerprint density at radius 3 is 1.80 bits per heavy atom. The maximum atomic E-state index is 12.9. The number of hydrogen-bond acceptors (Lipinski definition) is 1. The third-order valence-corrected chi connectivity index (χ3v) is 2.43. The van der Waals surface area contributed by atoms with E-state index in [0.717, 1.165) is 0 Å². The summed E-state index contributed by atoms with van der Waals surface area (Å²) in [6.45, 7) is 0. The first-order valence-electron chi connectivity index (χ1n) is 3.30. The molecule has 0 N–H and O–H groups in total. The van der Waals surface area contributed by atoms with Gasteiger partial charge in [0.1, 0.15) is 5.56 Å². The summed E-state index contributed by atoms with van der Waals surface area (Å²) in [6.07, 6.45) is -5.36. The molecule has 0 atom stereocenters. The lowest BCUT2D eigenvalue weighted by Gasteiger charge is -2.12. The highest BCUT2D eigenvalue weighted by Gasteiger charge is 2.41. The molecule has 0 unspecified atom stereocenters. The first-order chi connectivity index (χ1) is 6.68. The van der Waals surface area contributed by atoms with E-state index in [0.29, 0.717) is 0 Å². The van der Waals surface area contributed by atoms with Crippen molar-refractivity contribution in [3.63, 3.8) is 0 Å². The lowest BCUT2D eigenvalue weighted by molar-refractivity contribution is -0.142. The van der Waals surface area contributed by atoms with E-state index in [-0.39, 0.29) is 0 Å². The maximum absolute atomic E-state index is 12.9. The molecule has 0 fully saturated rings. The van der Waals surface area contributed by atoms with Crippen molar-refractivity contribution in [2.45, 2.75) is 11.1 Å². The predicted octanol–water partition coefficient (Wildman–Crippen LogP) is 4.06. The summed E-state index contributed by atoms with van der Waals surface area (Å²) in [5, 5.41) is -1.20. The quantitative estimate of drug-likeness (QED) is 0.408. The normalized spacial score (nSPS) is 12.0. The maximum Gasteiger partial charge on any atom is 0.422 e. The van der Waals surface area contributed by atoms with Crippen LogP contribution in [0, 0.1) is 17.5 Å². The summed E-state index contributed by atoms with van der Waals surface area (Å²) in [5.74, 6) is -6.36. The zero-order chi connectivity index (χ0) is 12.0. The Balaban J connectivity index is 3.68. The Morgan fingerprint density at radius 1 is 0.933 bits per heavy atom. The van der Waals surface area contributed by atoms with Crippen molar-refractivity contribution >= 4 is 24.2 Å². The van der Waals surface area contributed by atoms with Crippen LogP contribution in [0.25, 0.3) is 0 Å². The number of thiol groups is 1. The van der Waals surface area contributed by atoms with Crippen molar-refractivity contribution in [3.05, 3.63) is 28.0 Å². The van der Waals surface area contributed by atoms with Gasteiger partial charge >= 0.3 is 6.18 Å². The second-order valence-corrected chi connectivity index (χ2v) is 3.30. The molecule has 0 saturated carbocycles. The second kappa shape index (κ2) is 3.79. The average molecular weight is 267 g/mol. The Bertz CT molecular complexity index is 384. The monoisotopic (exact) mass is 266 g/mol. The molecule has 0 aromatic heterocycles. The Kier molecular flexibility index (Phi) is 3.16. The van der Waals surface area contributed by atoms with Gasteiger partial charge in [0.2, 0.25) is 0 Å². The Morgan fingerprint density at radius 2 is 1.40 bits per heavy atom. The predicted molar refractivity (Wildman–Crippen MR) is 43.6 cm³/mol. The lowest BCUT2D eigenvalue weighted by atomic mass is 10.2. The summed E-state index contributed by atoms with van der Waals surface area (Å²) < 4.78 is 74.6. The van der Waals surface area contributed by atoms with E-state index in [4.69, 9.17) is 11.6 Å². The van der Waals surface area contributed by atoms with E-state index in [1.807, 2.05) is 0 Å². The minimum atomic E-state index is -5.36. The molecule has 15 heavy (non-hydrogen) atoms. The molecule has 0 amide bonds. The van der Waals surface area contributed by atoms with Gasteiger partial charge in [0.25, 0.3) is 0 Å². The van der Waals surface area contributed by atoms with Crippen LogP contribution in [-0.2, 0) is 6.18 Å². The molecule has 0 aliphatic carbocycles. The summed E-state index contributed by atoms with van der Waals surface area (Å²) in [4.78, 5) is -1.00. The summed E-state index contributed by atoms with van der Waals surface area (Å²) >= 11 is 8.25. The van der Waals surface area contributed by atoms with Crippen LogP contribution in [0.3, 0.4) is 0 Å². The molecule has 1 rings (SSSR count). The van der Waals surface area contributed by atoms with Crippen LogP contribution in [0.4, 0.5) is 26.3 Å². The number of hydrogen-bond donors (Lipinski definition) is 1. The lowest BCUT2D eigenvalue weighted by Crippen LogP contribution is -2.14. The molecule has 0 bridgehead atoms. The van der Waals surface area contributed by atoms with Gasteiger partial charge in [-0.05, 0) is 0 Å². The molecule has 0 heterocycles. The molecule has 0 aliphatic heterocycles. The SMILES string of the molecule is Fc1c(F)c(C(F)(F)F)c(F)c(Cl)c1S. The van der Waals surface area contributed by atoms with E-state index in [1.165, 1.54) is 0 Å². The molecule has 0 nitrogen and oxygen atoms in total. The smallest absolute Gasteiger partial charge is 0.205 e. The van der Waals surface area contributed by atoms with Gasteiger partial charge in [-0.1, -0.05) is 11.6 Å². The molecule has 0 spiro atoms. The third-order valence-electron chi connectivity index (χ3n) is 1.52. The van der Waals surface area contributed by atoms with Crippen LogP contribution in [0.1, 0.15) is 5.56 Å². The topological polar surface area (TPSA) is 0 Å². The highest BCUT2D eigenvalue weighted by atomic mass is 35.5.